The lowest BCUT2D eigenvalue weighted by atomic mass is 10.1. The van der Waals surface area contributed by atoms with Crippen LogP contribution < -0.4 is 10.1 Å². The lowest BCUT2D eigenvalue weighted by Crippen LogP contribution is -2.38. The summed E-state index contributed by atoms with van der Waals surface area (Å²) in [6.45, 7) is 3.40. The third-order valence-electron chi connectivity index (χ3n) is 3.53. The first kappa shape index (κ1) is 13.8. The predicted molar refractivity (Wildman–Crippen MR) is 71.1 cm³/mol. The molecule has 5 heteroatoms. The van der Waals surface area contributed by atoms with Crippen molar-refractivity contribution in [2.24, 2.45) is 0 Å². The summed E-state index contributed by atoms with van der Waals surface area (Å²) in [6.07, 6.45) is 0.887. The van der Waals surface area contributed by atoms with Gasteiger partial charge < -0.3 is 15.0 Å². The van der Waals surface area contributed by atoms with Gasteiger partial charge in [-0.2, -0.15) is 0 Å². The zero-order chi connectivity index (χ0) is 14.0. The number of carbonyl (C=O) groups excluding carboxylic acids is 1. The Morgan fingerprint density at radius 2 is 2.26 bits per heavy atom. The van der Waals surface area contributed by atoms with E-state index in [1.54, 1.807) is 24.9 Å². The molecule has 1 aliphatic heterocycles. The van der Waals surface area contributed by atoms with Gasteiger partial charge in [-0.25, -0.2) is 4.39 Å². The standard InChI is InChI=1S/C14H19FN2O2/c1-9-6-11(15)13(12(7-9)19-3)14(18)17(2)10-4-5-16-8-10/h6-7,10,16H,4-5,8H2,1-3H3. The van der Waals surface area contributed by atoms with Crippen LogP contribution in [0.5, 0.6) is 5.75 Å². The highest BCUT2D eigenvalue weighted by molar-refractivity contribution is 5.97. The first-order chi connectivity index (χ1) is 9.04. The van der Waals surface area contributed by atoms with E-state index in [4.69, 9.17) is 4.74 Å². The molecule has 1 N–H and O–H groups in total. The minimum atomic E-state index is -0.528. The topological polar surface area (TPSA) is 41.6 Å². The number of hydrogen-bond donors (Lipinski definition) is 1. The van der Waals surface area contributed by atoms with Gasteiger partial charge in [-0.3, -0.25) is 4.79 Å². The number of benzene rings is 1. The van der Waals surface area contributed by atoms with Crippen LogP contribution in [0.4, 0.5) is 4.39 Å². The van der Waals surface area contributed by atoms with Gasteiger partial charge in [0.25, 0.3) is 5.91 Å². The zero-order valence-corrected chi connectivity index (χ0v) is 11.5. The van der Waals surface area contributed by atoms with E-state index in [-0.39, 0.29) is 17.5 Å². The Hall–Kier alpha value is -1.62. The lowest BCUT2D eigenvalue weighted by molar-refractivity contribution is 0.0735. The summed E-state index contributed by atoms with van der Waals surface area (Å²) in [4.78, 5) is 14.0. The third kappa shape index (κ3) is 2.71. The van der Waals surface area contributed by atoms with Gasteiger partial charge in [0.05, 0.1) is 7.11 Å². The number of nitrogens with zero attached hydrogens (tertiary/aromatic N) is 1. The minimum Gasteiger partial charge on any atom is -0.496 e. The van der Waals surface area contributed by atoms with Gasteiger partial charge in [0.1, 0.15) is 17.1 Å². The molecule has 0 aromatic heterocycles. The van der Waals surface area contributed by atoms with Crippen LogP contribution in [0.2, 0.25) is 0 Å². The first-order valence-electron chi connectivity index (χ1n) is 6.36. The average Bonchev–Trinajstić information content (AvgIpc) is 2.90. The van der Waals surface area contributed by atoms with E-state index < -0.39 is 5.82 Å². The second-order valence-electron chi connectivity index (χ2n) is 4.89. The van der Waals surface area contributed by atoms with Crippen LogP contribution in [0.15, 0.2) is 12.1 Å². The summed E-state index contributed by atoms with van der Waals surface area (Å²) in [7, 11) is 3.15. The van der Waals surface area contributed by atoms with Crippen molar-refractivity contribution in [1.29, 1.82) is 0 Å². The molecule has 0 radical (unpaired) electrons. The Morgan fingerprint density at radius 1 is 1.53 bits per heavy atom. The number of halogens is 1. The molecule has 1 amide bonds. The maximum atomic E-state index is 14.1. The molecule has 4 nitrogen and oxygen atoms in total. The Labute approximate surface area is 112 Å². The predicted octanol–water partition coefficient (Wildman–Crippen LogP) is 1.58. The van der Waals surface area contributed by atoms with Crippen LogP contribution >= 0.6 is 0 Å². The number of hydrogen-bond acceptors (Lipinski definition) is 3. The second kappa shape index (κ2) is 5.57. The maximum Gasteiger partial charge on any atom is 0.260 e. The van der Waals surface area contributed by atoms with Gasteiger partial charge in [-0.15, -0.1) is 0 Å². The molecule has 1 fully saturated rings. The molecule has 1 aromatic rings. The van der Waals surface area contributed by atoms with Crippen molar-refractivity contribution in [3.8, 4) is 5.75 Å². The quantitative estimate of drug-likeness (QED) is 0.903. The highest BCUT2D eigenvalue weighted by Gasteiger charge is 2.28. The van der Waals surface area contributed by atoms with Crippen molar-refractivity contribution in [2.75, 3.05) is 27.2 Å². The largest absolute Gasteiger partial charge is 0.496 e. The van der Waals surface area contributed by atoms with Crippen LogP contribution in [0, 0.1) is 12.7 Å². The number of ether oxygens (including phenoxy) is 1. The number of amides is 1. The van der Waals surface area contributed by atoms with Crippen molar-refractivity contribution >= 4 is 5.91 Å². The van der Waals surface area contributed by atoms with Crippen molar-refractivity contribution in [1.82, 2.24) is 10.2 Å². The third-order valence-corrected chi connectivity index (χ3v) is 3.53. The fourth-order valence-electron chi connectivity index (χ4n) is 2.39. The fourth-order valence-corrected chi connectivity index (χ4v) is 2.39. The highest BCUT2D eigenvalue weighted by Crippen LogP contribution is 2.25. The minimum absolute atomic E-state index is 0.0162. The van der Waals surface area contributed by atoms with Gasteiger partial charge in [-0.05, 0) is 37.6 Å². The van der Waals surface area contributed by atoms with Crippen LogP contribution in [-0.2, 0) is 0 Å². The van der Waals surface area contributed by atoms with Gasteiger partial charge in [0, 0.05) is 19.6 Å². The second-order valence-corrected chi connectivity index (χ2v) is 4.89. The summed E-state index contributed by atoms with van der Waals surface area (Å²) in [5, 5.41) is 3.19. The lowest BCUT2D eigenvalue weighted by Gasteiger charge is -2.25. The van der Waals surface area contributed by atoms with E-state index >= 15 is 0 Å². The molecule has 1 saturated heterocycles. The Balaban J connectivity index is 2.32. The zero-order valence-electron chi connectivity index (χ0n) is 11.5. The van der Waals surface area contributed by atoms with Gasteiger partial charge in [-0.1, -0.05) is 0 Å². The molecular weight excluding hydrogens is 247 g/mol. The molecule has 0 aliphatic carbocycles. The van der Waals surface area contributed by atoms with Gasteiger partial charge in [0.15, 0.2) is 0 Å². The van der Waals surface area contributed by atoms with Crippen LogP contribution in [0.3, 0.4) is 0 Å². The fraction of sp³-hybridized carbons (Fsp3) is 0.500. The number of rotatable bonds is 3. The highest BCUT2D eigenvalue weighted by atomic mass is 19.1. The van der Waals surface area contributed by atoms with Crippen LogP contribution in [0.1, 0.15) is 22.3 Å². The van der Waals surface area contributed by atoms with E-state index in [2.05, 4.69) is 5.32 Å². The summed E-state index contributed by atoms with van der Waals surface area (Å²) < 4.78 is 19.2. The smallest absolute Gasteiger partial charge is 0.260 e. The first-order valence-corrected chi connectivity index (χ1v) is 6.36. The number of aryl methyl sites for hydroxylation is 1. The van der Waals surface area contributed by atoms with E-state index in [1.807, 2.05) is 0 Å². The Morgan fingerprint density at radius 3 is 2.84 bits per heavy atom. The maximum absolute atomic E-state index is 14.1. The van der Waals surface area contributed by atoms with E-state index in [1.165, 1.54) is 13.2 Å². The summed E-state index contributed by atoms with van der Waals surface area (Å²) in [5.41, 5.74) is 0.749. The molecule has 1 heterocycles. The van der Waals surface area contributed by atoms with E-state index in [0.717, 1.165) is 25.1 Å². The monoisotopic (exact) mass is 266 g/mol. The number of methoxy groups -OCH3 is 1. The molecule has 0 spiro atoms. The van der Waals surface area contributed by atoms with Crippen LogP contribution in [-0.4, -0.2) is 44.1 Å². The summed E-state index contributed by atoms with van der Waals surface area (Å²) >= 11 is 0. The molecule has 1 aromatic carbocycles. The van der Waals surface area contributed by atoms with Crippen molar-refractivity contribution in [3.63, 3.8) is 0 Å². The van der Waals surface area contributed by atoms with Crippen LogP contribution in [0.25, 0.3) is 0 Å². The molecule has 0 saturated carbocycles. The Kier molecular flexibility index (Phi) is 4.04. The van der Waals surface area contributed by atoms with Crippen molar-refractivity contribution < 1.29 is 13.9 Å². The van der Waals surface area contributed by atoms with Gasteiger partial charge >= 0.3 is 0 Å². The summed E-state index contributed by atoms with van der Waals surface area (Å²) in [6, 6.07) is 3.14. The Bertz CT molecular complexity index is 485. The number of carbonyl (C=O) groups is 1. The molecule has 1 atom stereocenters. The molecule has 19 heavy (non-hydrogen) atoms. The number of likely N-dealkylation sites (N-methyl/N-ethyl adjacent to an activating group) is 1. The molecule has 1 aliphatic rings. The average molecular weight is 266 g/mol. The molecule has 0 bridgehead atoms. The SMILES string of the molecule is COc1cc(C)cc(F)c1C(=O)N(C)C1CCNC1. The normalized spacial score (nSPS) is 18.4. The molecule has 1 unspecified atom stereocenters. The molecular formula is C14H19FN2O2. The number of nitrogens with one attached hydrogen (secondary N) is 1. The van der Waals surface area contributed by atoms with Crippen molar-refractivity contribution in [2.45, 2.75) is 19.4 Å². The van der Waals surface area contributed by atoms with E-state index in [9.17, 15) is 9.18 Å². The van der Waals surface area contributed by atoms with Gasteiger partial charge in [0.2, 0.25) is 0 Å². The molecule has 2 rings (SSSR count). The summed E-state index contributed by atoms with van der Waals surface area (Å²) in [5.74, 6) is -0.567. The van der Waals surface area contributed by atoms with Crippen molar-refractivity contribution in [3.05, 3.63) is 29.1 Å². The van der Waals surface area contributed by atoms with E-state index in [0.29, 0.717) is 5.75 Å². The molecule has 104 valence electrons.